The molecule has 1 N–H and O–H groups in total. The Labute approximate surface area is 123 Å². The van der Waals surface area contributed by atoms with Gasteiger partial charge in [0.15, 0.2) is 6.61 Å². The van der Waals surface area contributed by atoms with Gasteiger partial charge in [-0.15, -0.1) is 0 Å². The number of methoxy groups -OCH3 is 2. The average molecular weight is 297 g/mol. The fourth-order valence-electron chi connectivity index (χ4n) is 1.58. The van der Waals surface area contributed by atoms with Gasteiger partial charge in [0.05, 0.1) is 13.7 Å². The molecule has 0 saturated carbocycles. The molecule has 116 valence electrons. The minimum absolute atomic E-state index is 0.198. The number of benzene rings is 1. The van der Waals surface area contributed by atoms with E-state index in [2.05, 4.69) is 0 Å². The summed E-state index contributed by atoms with van der Waals surface area (Å²) < 4.78 is 15.2. The summed E-state index contributed by atoms with van der Waals surface area (Å²) in [5.74, 6) is -0.412. The van der Waals surface area contributed by atoms with Crippen LogP contribution in [0.15, 0.2) is 24.3 Å². The van der Waals surface area contributed by atoms with Crippen molar-refractivity contribution in [1.82, 2.24) is 4.90 Å². The van der Waals surface area contributed by atoms with Crippen molar-refractivity contribution in [3.05, 3.63) is 24.3 Å². The van der Waals surface area contributed by atoms with Crippen molar-refractivity contribution < 1.29 is 28.9 Å². The lowest BCUT2D eigenvalue weighted by molar-refractivity contribution is -0.145. The number of amides is 1. The molecule has 0 saturated heterocycles. The van der Waals surface area contributed by atoms with Crippen LogP contribution in [0.4, 0.5) is 0 Å². The summed E-state index contributed by atoms with van der Waals surface area (Å²) in [6.45, 7) is -0.172. The van der Waals surface area contributed by atoms with Crippen LogP contribution in [-0.4, -0.2) is 62.4 Å². The molecular weight excluding hydrogens is 278 g/mol. The molecule has 0 radical (unpaired) electrons. The third-order valence-corrected chi connectivity index (χ3v) is 2.65. The smallest absolute Gasteiger partial charge is 0.323 e. The van der Waals surface area contributed by atoms with Crippen LogP contribution in [0, 0.1) is 0 Å². The fourth-order valence-corrected chi connectivity index (χ4v) is 1.58. The standard InChI is InChI=1S/C14H19NO6/c1-19-7-6-15(9-14(17)18)13(16)10-21-12-5-3-4-11(8-12)20-2/h3-5,8H,6-7,9-10H2,1-2H3,(H,17,18). The summed E-state index contributed by atoms with van der Waals surface area (Å²) in [7, 11) is 3.01. The molecule has 0 bridgehead atoms. The van der Waals surface area contributed by atoms with E-state index < -0.39 is 11.9 Å². The van der Waals surface area contributed by atoms with E-state index in [1.807, 2.05) is 0 Å². The first-order valence-electron chi connectivity index (χ1n) is 6.32. The molecule has 0 aliphatic carbocycles. The zero-order valence-electron chi connectivity index (χ0n) is 12.1. The monoisotopic (exact) mass is 297 g/mol. The van der Waals surface area contributed by atoms with Crippen LogP contribution < -0.4 is 9.47 Å². The fraction of sp³-hybridized carbons (Fsp3) is 0.429. The van der Waals surface area contributed by atoms with Crippen molar-refractivity contribution in [2.24, 2.45) is 0 Å². The number of carbonyl (C=O) groups excluding carboxylic acids is 1. The second kappa shape index (κ2) is 8.80. The van der Waals surface area contributed by atoms with Crippen LogP contribution in [0.3, 0.4) is 0 Å². The van der Waals surface area contributed by atoms with E-state index in [1.54, 1.807) is 24.3 Å². The second-order valence-electron chi connectivity index (χ2n) is 4.17. The second-order valence-corrected chi connectivity index (χ2v) is 4.17. The molecule has 0 aliphatic heterocycles. The van der Waals surface area contributed by atoms with Crippen LogP contribution in [0.2, 0.25) is 0 Å². The zero-order chi connectivity index (χ0) is 15.7. The maximum atomic E-state index is 12.0. The Morgan fingerprint density at radius 2 is 1.95 bits per heavy atom. The quantitative estimate of drug-likeness (QED) is 0.719. The van der Waals surface area contributed by atoms with Crippen molar-refractivity contribution >= 4 is 11.9 Å². The zero-order valence-corrected chi connectivity index (χ0v) is 12.1. The van der Waals surface area contributed by atoms with Crippen molar-refractivity contribution in [3.63, 3.8) is 0 Å². The molecule has 1 rings (SSSR count). The Hall–Kier alpha value is -2.28. The first-order chi connectivity index (χ1) is 10.1. The van der Waals surface area contributed by atoms with Crippen LogP contribution in [-0.2, 0) is 14.3 Å². The summed E-state index contributed by atoms with van der Waals surface area (Å²) in [5.41, 5.74) is 0. The molecule has 0 heterocycles. The van der Waals surface area contributed by atoms with Gasteiger partial charge in [-0.05, 0) is 12.1 Å². The number of carboxylic acids is 1. The lowest BCUT2D eigenvalue weighted by Crippen LogP contribution is -2.40. The lowest BCUT2D eigenvalue weighted by atomic mass is 10.3. The molecule has 0 spiro atoms. The minimum Gasteiger partial charge on any atom is -0.497 e. The highest BCUT2D eigenvalue weighted by molar-refractivity contribution is 5.82. The van der Waals surface area contributed by atoms with Crippen LogP contribution in [0.25, 0.3) is 0 Å². The van der Waals surface area contributed by atoms with Gasteiger partial charge in [-0.3, -0.25) is 9.59 Å². The van der Waals surface area contributed by atoms with Gasteiger partial charge in [-0.1, -0.05) is 6.07 Å². The molecule has 0 aromatic heterocycles. The van der Waals surface area contributed by atoms with Crippen LogP contribution >= 0.6 is 0 Å². The normalized spacial score (nSPS) is 10.0. The topological polar surface area (TPSA) is 85.3 Å². The summed E-state index contributed by atoms with van der Waals surface area (Å²) in [5, 5.41) is 8.79. The van der Waals surface area contributed by atoms with Crippen LogP contribution in [0.5, 0.6) is 11.5 Å². The maximum Gasteiger partial charge on any atom is 0.323 e. The molecule has 0 atom stereocenters. The molecule has 7 nitrogen and oxygen atoms in total. The molecule has 1 amide bonds. The number of carboxylic acid groups (broad SMARTS) is 1. The van der Waals surface area contributed by atoms with Gasteiger partial charge in [0.25, 0.3) is 5.91 Å². The highest BCUT2D eigenvalue weighted by Crippen LogP contribution is 2.18. The highest BCUT2D eigenvalue weighted by atomic mass is 16.5. The number of rotatable bonds is 9. The molecule has 1 aromatic rings. The molecule has 0 unspecified atom stereocenters. The van der Waals surface area contributed by atoms with Crippen molar-refractivity contribution in [3.8, 4) is 11.5 Å². The first-order valence-corrected chi connectivity index (χ1v) is 6.32. The van der Waals surface area contributed by atoms with Gasteiger partial charge in [0, 0.05) is 19.7 Å². The summed E-state index contributed by atoms with van der Waals surface area (Å²) in [6.07, 6.45) is 0. The van der Waals surface area contributed by atoms with Gasteiger partial charge in [0.2, 0.25) is 0 Å². The van der Waals surface area contributed by atoms with E-state index in [0.29, 0.717) is 11.5 Å². The number of hydrogen-bond donors (Lipinski definition) is 1. The number of nitrogens with zero attached hydrogens (tertiary/aromatic N) is 1. The van der Waals surface area contributed by atoms with Crippen molar-refractivity contribution in [2.75, 3.05) is 40.5 Å². The predicted octanol–water partition coefficient (Wildman–Crippen LogP) is 0.634. The lowest BCUT2D eigenvalue weighted by Gasteiger charge is -2.20. The first kappa shape index (κ1) is 16.8. The molecule has 1 aromatic carbocycles. The molecule has 0 fully saturated rings. The minimum atomic E-state index is -1.08. The van der Waals surface area contributed by atoms with Crippen LogP contribution in [0.1, 0.15) is 0 Å². The van der Waals surface area contributed by atoms with Gasteiger partial charge in [0.1, 0.15) is 18.0 Å². The maximum absolute atomic E-state index is 12.0. The van der Waals surface area contributed by atoms with E-state index in [0.717, 1.165) is 0 Å². The number of ether oxygens (including phenoxy) is 3. The molecular formula is C14H19NO6. The Bertz CT molecular complexity index is 476. The Morgan fingerprint density at radius 1 is 1.24 bits per heavy atom. The Morgan fingerprint density at radius 3 is 2.57 bits per heavy atom. The summed E-state index contributed by atoms with van der Waals surface area (Å²) >= 11 is 0. The number of aliphatic carboxylic acids is 1. The average Bonchev–Trinajstić information content (AvgIpc) is 2.48. The van der Waals surface area contributed by atoms with Crippen molar-refractivity contribution in [2.45, 2.75) is 0 Å². The van der Waals surface area contributed by atoms with Gasteiger partial charge in [-0.25, -0.2) is 0 Å². The SMILES string of the molecule is COCCN(CC(=O)O)C(=O)COc1cccc(OC)c1. The highest BCUT2D eigenvalue weighted by Gasteiger charge is 2.17. The van der Waals surface area contributed by atoms with E-state index in [1.165, 1.54) is 19.1 Å². The Balaban J connectivity index is 2.57. The van der Waals surface area contributed by atoms with Gasteiger partial charge >= 0.3 is 5.97 Å². The van der Waals surface area contributed by atoms with E-state index >= 15 is 0 Å². The summed E-state index contributed by atoms with van der Waals surface area (Å²) in [6, 6.07) is 6.82. The van der Waals surface area contributed by atoms with E-state index in [4.69, 9.17) is 19.3 Å². The predicted molar refractivity (Wildman–Crippen MR) is 74.6 cm³/mol. The summed E-state index contributed by atoms with van der Waals surface area (Å²) in [4.78, 5) is 23.9. The molecule has 0 aliphatic rings. The number of hydrogen-bond acceptors (Lipinski definition) is 5. The van der Waals surface area contributed by atoms with E-state index in [-0.39, 0.29) is 26.3 Å². The third-order valence-electron chi connectivity index (χ3n) is 2.65. The van der Waals surface area contributed by atoms with Crippen molar-refractivity contribution in [1.29, 1.82) is 0 Å². The van der Waals surface area contributed by atoms with Gasteiger partial charge in [-0.2, -0.15) is 0 Å². The van der Waals surface area contributed by atoms with Gasteiger partial charge < -0.3 is 24.2 Å². The van der Waals surface area contributed by atoms with E-state index in [9.17, 15) is 9.59 Å². The molecule has 7 heteroatoms. The third kappa shape index (κ3) is 6.13. The largest absolute Gasteiger partial charge is 0.497 e. The Kier molecular flexibility index (Phi) is 7.03. The number of carbonyl (C=O) groups is 2. The molecule has 21 heavy (non-hydrogen) atoms.